The lowest BCUT2D eigenvalue weighted by Gasteiger charge is -2.17. The van der Waals surface area contributed by atoms with Gasteiger partial charge < -0.3 is 11.1 Å². The van der Waals surface area contributed by atoms with Crippen LogP contribution in [0.25, 0.3) is 0 Å². The summed E-state index contributed by atoms with van der Waals surface area (Å²) in [5.74, 6) is -0.300. The SMILES string of the molecule is Cc1ccc(CN(C)CC(=O)Nc2ccccc2SCC(N)=O)cc1. The minimum atomic E-state index is -0.385. The van der Waals surface area contributed by atoms with Crippen LogP contribution in [-0.4, -0.2) is 36.1 Å². The molecule has 6 heteroatoms. The first-order valence-electron chi connectivity index (χ1n) is 7.98. The van der Waals surface area contributed by atoms with Crippen molar-refractivity contribution >= 4 is 29.3 Å². The summed E-state index contributed by atoms with van der Waals surface area (Å²) in [5, 5.41) is 2.91. The molecule has 2 aromatic rings. The number of amides is 2. The number of carbonyl (C=O) groups excluding carboxylic acids is 2. The predicted octanol–water partition coefficient (Wildman–Crippen LogP) is 2.64. The van der Waals surface area contributed by atoms with E-state index in [9.17, 15) is 9.59 Å². The van der Waals surface area contributed by atoms with Gasteiger partial charge in [0.1, 0.15) is 0 Å². The average Bonchev–Trinajstić information content (AvgIpc) is 2.56. The molecule has 0 aliphatic heterocycles. The Kier molecular flexibility index (Phi) is 7.03. The number of benzene rings is 2. The largest absolute Gasteiger partial charge is 0.369 e. The van der Waals surface area contributed by atoms with E-state index in [1.807, 2.05) is 36.2 Å². The highest BCUT2D eigenvalue weighted by Gasteiger charge is 2.11. The van der Waals surface area contributed by atoms with E-state index in [4.69, 9.17) is 5.73 Å². The molecule has 0 bridgehead atoms. The summed E-state index contributed by atoms with van der Waals surface area (Å²) in [5.41, 5.74) is 8.27. The molecule has 0 unspecified atom stereocenters. The van der Waals surface area contributed by atoms with Crippen LogP contribution in [0.3, 0.4) is 0 Å². The number of aryl methyl sites for hydroxylation is 1. The molecule has 0 aliphatic rings. The molecule has 3 N–H and O–H groups in total. The van der Waals surface area contributed by atoms with Gasteiger partial charge >= 0.3 is 0 Å². The van der Waals surface area contributed by atoms with Crippen LogP contribution in [-0.2, 0) is 16.1 Å². The summed E-state index contributed by atoms with van der Waals surface area (Å²) in [4.78, 5) is 26.0. The van der Waals surface area contributed by atoms with E-state index in [0.717, 1.165) is 4.90 Å². The number of nitrogens with zero attached hydrogens (tertiary/aromatic N) is 1. The number of anilines is 1. The molecular weight excluding hydrogens is 334 g/mol. The number of likely N-dealkylation sites (N-methyl/N-ethyl adjacent to an activating group) is 1. The van der Waals surface area contributed by atoms with Crippen LogP contribution < -0.4 is 11.1 Å². The van der Waals surface area contributed by atoms with Crippen molar-refractivity contribution in [2.75, 3.05) is 24.7 Å². The third-order valence-electron chi connectivity index (χ3n) is 3.52. The van der Waals surface area contributed by atoms with E-state index >= 15 is 0 Å². The van der Waals surface area contributed by atoms with Crippen molar-refractivity contribution in [3.05, 3.63) is 59.7 Å². The number of hydrogen-bond donors (Lipinski definition) is 2. The highest BCUT2D eigenvalue weighted by molar-refractivity contribution is 8.00. The van der Waals surface area contributed by atoms with Gasteiger partial charge in [0.25, 0.3) is 0 Å². The van der Waals surface area contributed by atoms with Gasteiger partial charge in [-0.15, -0.1) is 11.8 Å². The highest BCUT2D eigenvalue weighted by atomic mass is 32.2. The maximum absolute atomic E-state index is 12.3. The molecular formula is C19H23N3O2S. The van der Waals surface area contributed by atoms with Crippen molar-refractivity contribution in [1.82, 2.24) is 4.90 Å². The molecule has 0 atom stereocenters. The Balaban J connectivity index is 1.91. The summed E-state index contributed by atoms with van der Waals surface area (Å²) in [6.45, 7) is 3.03. The van der Waals surface area contributed by atoms with Gasteiger partial charge in [0.05, 0.1) is 18.0 Å². The summed E-state index contributed by atoms with van der Waals surface area (Å²) in [6, 6.07) is 15.7. The topological polar surface area (TPSA) is 75.4 Å². The van der Waals surface area contributed by atoms with Crippen molar-refractivity contribution in [3.8, 4) is 0 Å². The van der Waals surface area contributed by atoms with Crippen LogP contribution in [0.2, 0.25) is 0 Å². The summed E-state index contributed by atoms with van der Waals surface area (Å²) < 4.78 is 0. The van der Waals surface area contributed by atoms with Gasteiger partial charge in [0.2, 0.25) is 11.8 Å². The second-order valence-electron chi connectivity index (χ2n) is 5.96. The third-order valence-corrected chi connectivity index (χ3v) is 4.61. The minimum Gasteiger partial charge on any atom is -0.369 e. The van der Waals surface area contributed by atoms with Crippen molar-refractivity contribution in [2.45, 2.75) is 18.4 Å². The van der Waals surface area contributed by atoms with Crippen LogP contribution in [0.4, 0.5) is 5.69 Å². The molecule has 2 aromatic carbocycles. The quantitative estimate of drug-likeness (QED) is 0.712. The fourth-order valence-electron chi connectivity index (χ4n) is 2.34. The van der Waals surface area contributed by atoms with Crippen LogP contribution in [0.15, 0.2) is 53.4 Å². The van der Waals surface area contributed by atoms with Gasteiger partial charge in [0, 0.05) is 11.4 Å². The molecule has 0 saturated carbocycles. The Bertz CT molecular complexity index is 732. The lowest BCUT2D eigenvalue weighted by Crippen LogP contribution is -2.30. The Morgan fingerprint density at radius 3 is 2.48 bits per heavy atom. The molecule has 5 nitrogen and oxygen atoms in total. The van der Waals surface area contributed by atoms with E-state index < -0.39 is 0 Å². The molecule has 25 heavy (non-hydrogen) atoms. The zero-order chi connectivity index (χ0) is 18.2. The first-order valence-corrected chi connectivity index (χ1v) is 8.96. The normalized spacial score (nSPS) is 10.7. The molecule has 0 fully saturated rings. The van der Waals surface area contributed by atoms with E-state index in [1.54, 1.807) is 0 Å². The molecule has 2 rings (SSSR count). The highest BCUT2D eigenvalue weighted by Crippen LogP contribution is 2.26. The number of nitrogens with one attached hydrogen (secondary N) is 1. The third kappa shape index (κ3) is 6.60. The predicted molar refractivity (Wildman–Crippen MR) is 103 cm³/mol. The van der Waals surface area contributed by atoms with E-state index in [0.29, 0.717) is 12.2 Å². The molecule has 0 heterocycles. The number of rotatable bonds is 8. The van der Waals surface area contributed by atoms with E-state index in [1.165, 1.54) is 22.9 Å². The van der Waals surface area contributed by atoms with E-state index in [-0.39, 0.29) is 24.1 Å². The fraction of sp³-hybridized carbons (Fsp3) is 0.263. The van der Waals surface area contributed by atoms with Crippen molar-refractivity contribution < 1.29 is 9.59 Å². The monoisotopic (exact) mass is 357 g/mol. The molecule has 0 aromatic heterocycles. The van der Waals surface area contributed by atoms with Gasteiger partial charge in [-0.25, -0.2) is 0 Å². The van der Waals surface area contributed by atoms with Crippen LogP contribution in [0.1, 0.15) is 11.1 Å². The summed E-state index contributed by atoms with van der Waals surface area (Å²) in [6.07, 6.45) is 0. The van der Waals surface area contributed by atoms with Gasteiger partial charge in [-0.2, -0.15) is 0 Å². The number of para-hydroxylation sites is 1. The first-order chi connectivity index (χ1) is 11.9. The first kappa shape index (κ1) is 19.0. The Labute approximate surface area is 152 Å². The smallest absolute Gasteiger partial charge is 0.238 e. The standard InChI is InChI=1S/C19H23N3O2S/c1-14-7-9-15(10-8-14)11-22(2)12-19(24)21-16-5-3-4-6-17(16)25-13-18(20)23/h3-10H,11-13H2,1-2H3,(H2,20,23)(H,21,24). The summed E-state index contributed by atoms with van der Waals surface area (Å²) in [7, 11) is 1.91. The van der Waals surface area contributed by atoms with Crippen LogP contribution in [0, 0.1) is 6.92 Å². The van der Waals surface area contributed by atoms with Gasteiger partial charge in [-0.3, -0.25) is 14.5 Å². The minimum absolute atomic E-state index is 0.0956. The molecule has 132 valence electrons. The number of hydrogen-bond acceptors (Lipinski definition) is 4. The van der Waals surface area contributed by atoms with Crippen molar-refractivity contribution in [3.63, 3.8) is 0 Å². The Morgan fingerprint density at radius 1 is 1.12 bits per heavy atom. The number of primary amides is 1. The second kappa shape index (κ2) is 9.25. The number of nitrogens with two attached hydrogens (primary N) is 1. The number of carbonyl (C=O) groups is 2. The Morgan fingerprint density at radius 2 is 1.80 bits per heavy atom. The molecule has 0 saturated heterocycles. The fourth-order valence-corrected chi connectivity index (χ4v) is 3.09. The maximum atomic E-state index is 12.3. The summed E-state index contributed by atoms with van der Waals surface area (Å²) >= 11 is 1.32. The molecule has 2 amide bonds. The molecule has 0 radical (unpaired) electrons. The molecule has 0 aliphatic carbocycles. The van der Waals surface area contributed by atoms with E-state index in [2.05, 4.69) is 36.5 Å². The van der Waals surface area contributed by atoms with Gasteiger partial charge in [-0.05, 0) is 31.7 Å². The van der Waals surface area contributed by atoms with Crippen molar-refractivity contribution in [2.24, 2.45) is 5.73 Å². The van der Waals surface area contributed by atoms with Gasteiger partial charge in [-0.1, -0.05) is 42.0 Å². The second-order valence-corrected chi connectivity index (χ2v) is 6.97. The average molecular weight is 357 g/mol. The van der Waals surface area contributed by atoms with Crippen LogP contribution >= 0.6 is 11.8 Å². The lowest BCUT2D eigenvalue weighted by molar-refractivity contribution is -0.117. The molecule has 0 spiro atoms. The van der Waals surface area contributed by atoms with Crippen molar-refractivity contribution in [1.29, 1.82) is 0 Å². The lowest BCUT2D eigenvalue weighted by atomic mass is 10.1. The zero-order valence-electron chi connectivity index (χ0n) is 14.5. The maximum Gasteiger partial charge on any atom is 0.238 e. The Hall–Kier alpha value is -2.31. The number of thioether (sulfide) groups is 1. The van der Waals surface area contributed by atoms with Crippen LogP contribution in [0.5, 0.6) is 0 Å². The van der Waals surface area contributed by atoms with Gasteiger partial charge in [0.15, 0.2) is 0 Å². The zero-order valence-corrected chi connectivity index (χ0v) is 15.3.